The van der Waals surface area contributed by atoms with E-state index in [0.717, 1.165) is 22.3 Å². The van der Waals surface area contributed by atoms with Crippen molar-refractivity contribution in [3.63, 3.8) is 0 Å². The molecule has 8 heteroatoms. The molecule has 7 nitrogen and oxygen atoms in total. The summed E-state index contributed by atoms with van der Waals surface area (Å²) in [6.07, 6.45) is 5.50. The molecule has 5 aromatic rings. The van der Waals surface area contributed by atoms with Gasteiger partial charge in [-0.15, -0.1) is 0 Å². The second-order valence-electron chi connectivity index (χ2n) is 8.14. The number of benzene rings is 2. The second kappa shape index (κ2) is 9.93. The number of nitrogens with one attached hydrogen (secondary N) is 2. The van der Waals surface area contributed by atoms with Crippen LogP contribution in [0.25, 0.3) is 23.1 Å². The number of hydrogen-bond acceptors (Lipinski definition) is 5. The summed E-state index contributed by atoms with van der Waals surface area (Å²) in [6, 6.07) is 21.1. The predicted molar refractivity (Wildman–Crippen MR) is 141 cm³/mol. The Morgan fingerprint density at radius 3 is 2.58 bits per heavy atom. The maximum Gasteiger partial charge on any atom is 0.255 e. The summed E-state index contributed by atoms with van der Waals surface area (Å²) in [7, 11) is 0. The van der Waals surface area contributed by atoms with Gasteiger partial charge < -0.3 is 5.32 Å². The average molecular weight is 494 g/mol. The van der Waals surface area contributed by atoms with Crippen LogP contribution in [-0.2, 0) is 0 Å². The van der Waals surface area contributed by atoms with E-state index in [0.29, 0.717) is 28.1 Å². The van der Waals surface area contributed by atoms with Gasteiger partial charge >= 0.3 is 0 Å². The number of ketones is 1. The molecule has 0 aliphatic rings. The molecule has 0 spiro atoms. The molecule has 1 amide bonds. The van der Waals surface area contributed by atoms with Crippen LogP contribution in [0.4, 0.5) is 5.69 Å². The van der Waals surface area contributed by atoms with Crippen molar-refractivity contribution in [2.75, 3.05) is 5.32 Å². The molecule has 0 aliphatic carbocycles. The molecule has 0 bridgehead atoms. The van der Waals surface area contributed by atoms with Gasteiger partial charge in [0.05, 0.1) is 16.9 Å². The van der Waals surface area contributed by atoms with Gasteiger partial charge in [0.2, 0.25) is 0 Å². The van der Waals surface area contributed by atoms with Gasteiger partial charge in [0, 0.05) is 39.7 Å². The molecule has 0 atom stereocenters. The number of carbonyl (C=O) groups excluding carboxylic acids is 2. The largest absolute Gasteiger partial charge is 0.322 e. The molecule has 5 rings (SSSR count). The molecule has 0 unspecified atom stereocenters. The van der Waals surface area contributed by atoms with Crippen LogP contribution < -0.4 is 5.32 Å². The lowest BCUT2D eigenvalue weighted by Crippen LogP contribution is -2.13. The van der Waals surface area contributed by atoms with E-state index in [1.54, 1.807) is 55.6 Å². The first-order valence-electron chi connectivity index (χ1n) is 11.1. The number of halogens is 1. The number of hydrogen-bond donors (Lipinski definition) is 2. The fourth-order valence-electron chi connectivity index (χ4n) is 3.82. The molecule has 176 valence electrons. The van der Waals surface area contributed by atoms with Crippen molar-refractivity contribution < 1.29 is 9.59 Å². The third-order valence-electron chi connectivity index (χ3n) is 5.52. The Bertz CT molecular complexity index is 1610. The summed E-state index contributed by atoms with van der Waals surface area (Å²) >= 11 is 5.97. The molecule has 0 aliphatic heterocycles. The molecule has 3 aromatic heterocycles. The summed E-state index contributed by atoms with van der Waals surface area (Å²) in [6.45, 7) is 1.76. The molecular formula is C28H20ClN5O2. The molecule has 2 N–H and O–H groups in total. The Morgan fingerprint density at radius 1 is 0.917 bits per heavy atom. The van der Waals surface area contributed by atoms with Crippen LogP contribution in [0.2, 0.25) is 5.15 Å². The zero-order valence-electron chi connectivity index (χ0n) is 19.2. The maximum atomic E-state index is 13.2. The Balaban J connectivity index is 1.35. The molecule has 0 fully saturated rings. The van der Waals surface area contributed by atoms with Crippen LogP contribution in [-0.4, -0.2) is 31.9 Å². The quantitative estimate of drug-likeness (QED) is 0.224. The van der Waals surface area contributed by atoms with Gasteiger partial charge in [0.25, 0.3) is 5.91 Å². The maximum absolute atomic E-state index is 13.2. The van der Waals surface area contributed by atoms with E-state index in [-0.39, 0.29) is 16.8 Å². The number of pyridine rings is 2. The third kappa shape index (κ3) is 5.06. The number of H-pyrrole nitrogens is 1. The molecule has 2 aromatic carbocycles. The molecular weight excluding hydrogens is 474 g/mol. The van der Waals surface area contributed by atoms with Crippen LogP contribution in [0, 0.1) is 6.92 Å². The van der Waals surface area contributed by atoms with E-state index in [1.807, 2.05) is 36.4 Å². The van der Waals surface area contributed by atoms with E-state index in [4.69, 9.17) is 11.6 Å². The van der Waals surface area contributed by atoms with E-state index in [1.165, 1.54) is 6.07 Å². The van der Waals surface area contributed by atoms with E-state index in [2.05, 4.69) is 25.5 Å². The number of amides is 1. The Labute approximate surface area is 211 Å². The number of rotatable bonds is 6. The smallest absolute Gasteiger partial charge is 0.255 e. The van der Waals surface area contributed by atoms with Crippen LogP contribution in [0.3, 0.4) is 0 Å². The van der Waals surface area contributed by atoms with Gasteiger partial charge in [-0.1, -0.05) is 35.9 Å². The second-order valence-corrected chi connectivity index (χ2v) is 8.53. The molecule has 36 heavy (non-hydrogen) atoms. The van der Waals surface area contributed by atoms with Crippen molar-refractivity contribution in [1.82, 2.24) is 20.2 Å². The van der Waals surface area contributed by atoms with Crippen LogP contribution >= 0.6 is 11.6 Å². The minimum absolute atomic E-state index is 0.170. The first-order chi connectivity index (χ1) is 17.5. The van der Waals surface area contributed by atoms with E-state index in [9.17, 15) is 9.59 Å². The lowest BCUT2D eigenvalue weighted by molar-refractivity contribution is 0.102. The van der Waals surface area contributed by atoms with Gasteiger partial charge in [0.15, 0.2) is 5.78 Å². The minimum atomic E-state index is -0.336. The summed E-state index contributed by atoms with van der Waals surface area (Å²) in [5, 5.41) is 11.3. The Morgan fingerprint density at radius 2 is 1.78 bits per heavy atom. The number of carbonyl (C=O) groups is 2. The minimum Gasteiger partial charge on any atom is -0.322 e. The summed E-state index contributed by atoms with van der Waals surface area (Å²) < 4.78 is 0. The van der Waals surface area contributed by atoms with Gasteiger partial charge in [0.1, 0.15) is 5.15 Å². The SMILES string of the molecule is Cc1cc(C(=O)Nc2cccc(C(=O)c3ccc4c(C=Cc5ccccn5)n[nH]c4c3)c2)cc(Cl)n1. The zero-order chi connectivity index (χ0) is 25.1. The predicted octanol–water partition coefficient (Wildman–Crippen LogP) is 5.97. The lowest BCUT2D eigenvalue weighted by Gasteiger charge is -2.08. The number of nitrogens with zero attached hydrogens (tertiary/aromatic N) is 3. The number of aromatic nitrogens is 4. The monoisotopic (exact) mass is 493 g/mol. The van der Waals surface area contributed by atoms with Gasteiger partial charge in [-0.2, -0.15) is 5.10 Å². The first kappa shape index (κ1) is 23.1. The van der Waals surface area contributed by atoms with Gasteiger partial charge in [-0.3, -0.25) is 19.7 Å². The van der Waals surface area contributed by atoms with Crippen molar-refractivity contribution in [2.45, 2.75) is 6.92 Å². The Kier molecular flexibility index (Phi) is 6.38. The van der Waals surface area contributed by atoms with E-state index >= 15 is 0 Å². The fraction of sp³-hybridized carbons (Fsp3) is 0.0357. The average Bonchev–Trinajstić information content (AvgIpc) is 3.29. The van der Waals surface area contributed by atoms with Crippen LogP contribution in [0.5, 0.6) is 0 Å². The lowest BCUT2D eigenvalue weighted by atomic mass is 10.0. The fourth-order valence-corrected chi connectivity index (χ4v) is 4.07. The highest BCUT2D eigenvalue weighted by Gasteiger charge is 2.14. The number of fused-ring (bicyclic) bond motifs is 1. The molecule has 0 saturated heterocycles. The zero-order valence-corrected chi connectivity index (χ0v) is 20.0. The summed E-state index contributed by atoms with van der Waals surface area (Å²) in [5.41, 5.74) is 4.82. The van der Waals surface area contributed by atoms with Crippen molar-refractivity contribution in [2.24, 2.45) is 0 Å². The molecule has 0 saturated carbocycles. The normalized spacial score (nSPS) is 11.2. The number of aryl methyl sites for hydroxylation is 1. The van der Waals surface area contributed by atoms with Gasteiger partial charge in [-0.25, -0.2) is 4.98 Å². The Hall–Kier alpha value is -4.62. The highest BCUT2D eigenvalue weighted by molar-refractivity contribution is 6.29. The topological polar surface area (TPSA) is 101 Å². The highest BCUT2D eigenvalue weighted by Crippen LogP contribution is 2.22. The van der Waals surface area contributed by atoms with Crippen molar-refractivity contribution in [3.05, 3.63) is 118 Å². The van der Waals surface area contributed by atoms with Crippen molar-refractivity contribution in [1.29, 1.82) is 0 Å². The standard InChI is InChI=1S/C28H20ClN5O2/c1-17-13-20(16-26(29)31-17)28(36)32-22-7-4-5-18(14-22)27(35)19-8-10-23-24(33-34-25(23)15-19)11-9-21-6-2-3-12-30-21/h2-16H,1H3,(H,32,36)(H,33,34). The van der Waals surface area contributed by atoms with Crippen LogP contribution in [0.15, 0.2) is 79.0 Å². The number of aromatic amines is 1. The van der Waals surface area contributed by atoms with Crippen LogP contribution in [0.1, 0.15) is 43.4 Å². The third-order valence-corrected chi connectivity index (χ3v) is 5.71. The highest BCUT2D eigenvalue weighted by atomic mass is 35.5. The number of anilines is 1. The van der Waals surface area contributed by atoms with Gasteiger partial charge in [-0.05, 0) is 67.6 Å². The van der Waals surface area contributed by atoms with Crippen molar-refractivity contribution in [3.8, 4) is 0 Å². The van der Waals surface area contributed by atoms with Crippen molar-refractivity contribution >= 4 is 52.0 Å². The van der Waals surface area contributed by atoms with E-state index < -0.39 is 0 Å². The summed E-state index contributed by atoms with van der Waals surface area (Å²) in [5.74, 6) is -0.506. The molecule has 0 radical (unpaired) electrons. The molecule has 3 heterocycles. The summed E-state index contributed by atoms with van der Waals surface area (Å²) in [4.78, 5) is 34.2. The first-order valence-corrected chi connectivity index (χ1v) is 11.5.